The highest BCUT2D eigenvalue weighted by atomic mass is 16.5. The Bertz CT molecular complexity index is 933. The van der Waals surface area contributed by atoms with E-state index in [0.29, 0.717) is 23.0 Å². The quantitative estimate of drug-likeness (QED) is 0.695. The Morgan fingerprint density at radius 2 is 1.78 bits per heavy atom. The molecular weight excluding hydrogens is 348 g/mol. The lowest BCUT2D eigenvalue weighted by molar-refractivity contribution is -0.114. The second kappa shape index (κ2) is 8.13. The van der Waals surface area contributed by atoms with Crippen LogP contribution in [0.1, 0.15) is 23.1 Å². The Morgan fingerprint density at radius 1 is 1.07 bits per heavy atom. The standard InChI is InChI=1S/C19H18N4O4/c1-12(24)21-15-7-3-13(4-8-15)18(25)20-11-17-22-19(27-23-17)14-5-9-16(26-2)10-6-14/h3-10H,11H2,1-2H3,(H,20,25)(H,21,24). The molecule has 0 aliphatic rings. The van der Waals surface area contributed by atoms with Crippen LogP contribution in [0.2, 0.25) is 0 Å². The Hall–Kier alpha value is -3.68. The molecule has 1 aromatic heterocycles. The molecule has 0 aliphatic carbocycles. The van der Waals surface area contributed by atoms with Gasteiger partial charge in [-0.25, -0.2) is 0 Å². The molecule has 3 rings (SSSR count). The lowest BCUT2D eigenvalue weighted by Crippen LogP contribution is -2.23. The van der Waals surface area contributed by atoms with Gasteiger partial charge in [-0.05, 0) is 48.5 Å². The number of methoxy groups -OCH3 is 1. The average molecular weight is 366 g/mol. The number of amides is 2. The molecule has 138 valence electrons. The molecule has 2 aromatic carbocycles. The van der Waals surface area contributed by atoms with Crippen molar-refractivity contribution in [1.29, 1.82) is 0 Å². The fraction of sp³-hybridized carbons (Fsp3) is 0.158. The van der Waals surface area contributed by atoms with Gasteiger partial charge in [0.2, 0.25) is 5.91 Å². The van der Waals surface area contributed by atoms with Crippen LogP contribution in [0.5, 0.6) is 5.75 Å². The summed E-state index contributed by atoms with van der Waals surface area (Å²) < 4.78 is 10.3. The van der Waals surface area contributed by atoms with E-state index in [1.54, 1.807) is 43.5 Å². The van der Waals surface area contributed by atoms with Gasteiger partial charge in [-0.2, -0.15) is 4.98 Å². The third-order valence-corrected chi connectivity index (χ3v) is 3.68. The predicted molar refractivity (Wildman–Crippen MR) is 98.2 cm³/mol. The molecule has 0 saturated carbocycles. The molecule has 1 heterocycles. The van der Waals surface area contributed by atoms with Gasteiger partial charge in [-0.1, -0.05) is 5.16 Å². The van der Waals surface area contributed by atoms with Gasteiger partial charge in [0, 0.05) is 23.7 Å². The minimum absolute atomic E-state index is 0.131. The van der Waals surface area contributed by atoms with Gasteiger partial charge in [-0.3, -0.25) is 9.59 Å². The van der Waals surface area contributed by atoms with Crippen LogP contribution < -0.4 is 15.4 Å². The van der Waals surface area contributed by atoms with Gasteiger partial charge < -0.3 is 19.9 Å². The Balaban J connectivity index is 1.59. The van der Waals surface area contributed by atoms with Crippen LogP contribution in [-0.2, 0) is 11.3 Å². The van der Waals surface area contributed by atoms with Gasteiger partial charge in [-0.15, -0.1) is 0 Å². The van der Waals surface area contributed by atoms with Crippen LogP contribution in [0.4, 0.5) is 5.69 Å². The number of hydrogen-bond acceptors (Lipinski definition) is 6. The summed E-state index contributed by atoms with van der Waals surface area (Å²) in [7, 11) is 1.59. The zero-order valence-electron chi connectivity index (χ0n) is 14.9. The number of carbonyl (C=O) groups excluding carboxylic acids is 2. The first kappa shape index (κ1) is 18.1. The number of aromatic nitrogens is 2. The zero-order chi connectivity index (χ0) is 19.2. The molecule has 2 amide bonds. The molecule has 2 N–H and O–H groups in total. The highest BCUT2D eigenvalue weighted by Crippen LogP contribution is 2.20. The van der Waals surface area contributed by atoms with Gasteiger partial charge in [0.05, 0.1) is 13.7 Å². The van der Waals surface area contributed by atoms with Gasteiger partial charge in [0.25, 0.3) is 11.8 Å². The van der Waals surface area contributed by atoms with E-state index in [0.717, 1.165) is 11.3 Å². The number of nitrogens with zero attached hydrogens (tertiary/aromatic N) is 2. The van der Waals surface area contributed by atoms with E-state index in [4.69, 9.17) is 9.26 Å². The van der Waals surface area contributed by atoms with Gasteiger partial charge >= 0.3 is 0 Å². The monoisotopic (exact) mass is 366 g/mol. The Labute approximate surface area is 155 Å². The molecule has 0 saturated heterocycles. The third-order valence-electron chi connectivity index (χ3n) is 3.68. The summed E-state index contributed by atoms with van der Waals surface area (Å²) in [5.74, 6) is 1.01. The fourth-order valence-corrected chi connectivity index (χ4v) is 2.35. The molecule has 8 heteroatoms. The van der Waals surface area contributed by atoms with Crippen molar-refractivity contribution in [3.8, 4) is 17.2 Å². The second-order valence-corrected chi connectivity index (χ2v) is 5.69. The number of hydrogen-bond donors (Lipinski definition) is 2. The fourth-order valence-electron chi connectivity index (χ4n) is 2.35. The molecular formula is C19H18N4O4. The van der Waals surface area contributed by atoms with Crippen molar-refractivity contribution >= 4 is 17.5 Å². The summed E-state index contributed by atoms with van der Waals surface area (Å²) in [5.41, 5.74) is 1.85. The molecule has 0 fully saturated rings. The van der Waals surface area contributed by atoms with E-state index >= 15 is 0 Å². The van der Waals surface area contributed by atoms with E-state index in [1.807, 2.05) is 12.1 Å². The number of rotatable bonds is 6. The van der Waals surface area contributed by atoms with Crippen molar-refractivity contribution in [1.82, 2.24) is 15.5 Å². The minimum atomic E-state index is -0.278. The van der Waals surface area contributed by atoms with E-state index in [1.165, 1.54) is 6.92 Å². The van der Waals surface area contributed by atoms with Gasteiger partial charge in [0.1, 0.15) is 5.75 Å². The summed E-state index contributed by atoms with van der Waals surface area (Å²) >= 11 is 0. The van der Waals surface area contributed by atoms with Crippen LogP contribution in [0.25, 0.3) is 11.5 Å². The molecule has 3 aromatic rings. The molecule has 0 unspecified atom stereocenters. The van der Waals surface area contributed by atoms with Crippen molar-refractivity contribution in [3.63, 3.8) is 0 Å². The van der Waals surface area contributed by atoms with Crippen LogP contribution >= 0.6 is 0 Å². The van der Waals surface area contributed by atoms with Crippen molar-refractivity contribution < 1.29 is 18.8 Å². The smallest absolute Gasteiger partial charge is 0.257 e. The predicted octanol–water partition coefficient (Wildman–Crippen LogP) is 2.63. The van der Waals surface area contributed by atoms with Gasteiger partial charge in [0.15, 0.2) is 5.82 Å². The topological polar surface area (TPSA) is 106 Å². The molecule has 0 aliphatic heterocycles. The number of benzene rings is 2. The Kier molecular flexibility index (Phi) is 5.46. The van der Waals surface area contributed by atoms with Crippen LogP contribution in [-0.4, -0.2) is 29.1 Å². The van der Waals surface area contributed by atoms with Crippen LogP contribution in [0.15, 0.2) is 53.1 Å². The first-order chi connectivity index (χ1) is 13.0. The third kappa shape index (κ3) is 4.69. The van der Waals surface area contributed by atoms with Crippen molar-refractivity contribution in [2.45, 2.75) is 13.5 Å². The summed E-state index contributed by atoms with van der Waals surface area (Å²) in [4.78, 5) is 27.5. The van der Waals surface area contributed by atoms with Crippen LogP contribution in [0.3, 0.4) is 0 Å². The normalized spacial score (nSPS) is 10.3. The summed E-state index contributed by atoms with van der Waals surface area (Å²) in [6, 6.07) is 13.8. The lowest BCUT2D eigenvalue weighted by atomic mass is 10.2. The number of carbonyl (C=O) groups is 2. The van der Waals surface area contributed by atoms with E-state index in [-0.39, 0.29) is 18.4 Å². The molecule has 8 nitrogen and oxygen atoms in total. The van der Waals surface area contributed by atoms with E-state index in [2.05, 4.69) is 20.8 Å². The number of nitrogens with one attached hydrogen (secondary N) is 2. The number of anilines is 1. The summed E-state index contributed by atoms with van der Waals surface area (Å²) in [6.07, 6.45) is 0. The largest absolute Gasteiger partial charge is 0.497 e. The number of ether oxygens (including phenoxy) is 1. The average Bonchev–Trinajstić information content (AvgIpc) is 3.15. The minimum Gasteiger partial charge on any atom is -0.497 e. The highest BCUT2D eigenvalue weighted by Gasteiger charge is 2.11. The Morgan fingerprint density at radius 3 is 2.41 bits per heavy atom. The summed E-state index contributed by atoms with van der Waals surface area (Å²) in [5, 5.41) is 9.24. The summed E-state index contributed by atoms with van der Waals surface area (Å²) in [6.45, 7) is 1.55. The first-order valence-electron chi connectivity index (χ1n) is 8.18. The van der Waals surface area contributed by atoms with Crippen molar-refractivity contribution in [2.75, 3.05) is 12.4 Å². The first-order valence-corrected chi connectivity index (χ1v) is 8.18. The highest BCUT2D eigenvalue weighted by molar-refractivity contribution is 5.95. The molecule has 0 atom stereocenters. The second-order valence-electron chi connectivity index (χ2n) is 5.69. The van der Waals surface area contributed by atoms with Crippen molar-refractivity contribution in [3.05, 3.63) is 59.9 Å². The molecule has 0 radical (unpaired) electrons. The van der Waals surface area contributed by atoms with E-state index in [9.17, 15) is 9.59 Å². The van der Waals surface area contributed by atoms with Crippen LogP contribution in [0, 0.1) is 0 Å². The maximum absolute atomic E-state index is 12.2. The maximum Gasteiger partial charge on any atom is 0.257 e. The zero-order valence-corrected chi connectivity index (χ0v) is 14.9. The van der Waals surface area contributed by atoms with E-state index < -0.39 is 0 Å². The SMILES string of the molecule is COc1ccc(-c2nc(CNC(=O)c3ccc(NC(C)=O)cc3)no2)cc1. The molecule has 0 bridgehead atoms. The maximum atomic E-state index is 12.2. The molecule has 0 spiro atoms. The lowest BCUT2D eigenvalue weighted by Gasteiger charge is -2.05. The van der Waals surface area contributed by atoms with Crippen molar-refractivity contribution in [2.24, 2.45) is 0 Å². The molecule has 27 heavy (non-hydrogen) atoms.